The first kappa shape index (κ1) is 18.2. The van der Waals surface area contributed by atoms with E-state index in [0.717, 1.165) is 38.0 Å². The highest BCUT2D eigenvalue weighted by atomic mass is 16.5. The molecule has 3 rings (SSSR count). The standard InChI is InChI=1S/C24H26O2/c25-18-6-1-2-7-19-26-24-16-14-23(15-17-24)22-12-10-21(11-13-22)20-8-4-3-5-9-20/h3-5,8-17,25H,1-2,6-7,18-19H2. The Bertz CT molecular complexity index is 762. The summed E-state index contributed by atoms with van der Waals surface area (Å²) >= 11 is 0. The van der Waals surface area contributed by atoms with E-state index in [1.54, 1.807) is 0 Å². The fourth-order valence-corrected chi connectivity index (χ4v) is 2.99. The lowest BCUT2D eigenvalue weighted by atomic mass is 10.0. The predicted molar refractivity (Wildman–Crippen MR) is 108 cm³/mol. The Kier molecular flexibility index (Phi) is 6.86. The second-order valence-electron chi connectivity index (χ2n) is 6.45. The second kappa shape index (κ2) is 9.79. The minimum atomic E-state index is 0.286. The van der Waals surface area contributed by atoms with Crippen molar-refractivity contribution in [1.82, 2.24) is 0 Å². The van der Waals surface area contributed by atoms with E-state index in [2.05, 4.69) is 60.7 Å². The van der Waals surface area contributed by atoms with Gasteiger partial charge in [-0.2, -0.15) is 0 Å². The van der Waals surface area contributed by atoms with Crippen LogP contribution in [-0.2, 0) is 0 Å². The summed E-state index contributed by atoms with van der Waals surface area (Å²) < 4.78 is 5.79. The largest absolute Gasteiger partial charge is 0.494 e. The van der Waals surface area contributed by atoms with Crippen LogP contribution in [0.15, 0.2) is 78.9 Å². The molecule has 0 fully saturated rings. The van der Waals surface area contributed by atoms with Gasteiger partial charge < -0.3 is 9.84 Å². The molecule has 0 atom stereocenters. The average molecular weight is 346 g/mol. The molecule has 1 N–H and O–H groups in total. The van der Waals surface area contributed by atoms with Gasteiger partial charge in [0.1, 0.15) is 5.75 Å². The zero-order chi connectivity index (χ0) is 18.0. The van der Waals surface area contributed by atoms with Gasteiger partial charge in [0, 0.05) is 6.61 Å². The van der Waals surface area contributed by atoms with Crippen LogP contribution in [0.25, 0.3) is 22.3 Å². The molecule has 0 saturated heterocycles. The highest BCUT2D eigenvalue weighted by Crippen LogP contribution is 2.26. The topological polar surface area (TPSA) is 29.5 Å². The number of ether oxygens (including phenoxy) is 1. The minimum absolute atomic E-state index is 0.286. The van der Waals surface area contributed by atoms with Crippen molar-refractivity contribution in [2.45, 2.75) is 25.7 Å². The lowest BCUT2D eigenvalue weighted by Gasteiger charge is -2.08. The molecule has 0 spiro atoms. The molecular weight excluding hydrogens is 320 g/mol. The molecule has 0 aliphatic carbocycles. The normalized spacial score (nSPS) is 10.7. The molecule has 26 heavy (non-hydrogen) atoms. The van der Waals surface area contributed by atoms with Crippen LogP contribution < -0.4 is 4.74 Å². The smallest absolute Gasteiger partial charge is 0.119 e. The number of aliphatic hydroxyl groups is 1. The molecule has 3 aromatic rings. The van der Waals surface area contributed by atoms with E-state index in [0.29, 0.717) is 0 Å². The van der Waals surface area contributed by atoms with Crippen LogP contribution in [-0.4, -0.2) is 18.3 Å². The molecular formula is C24H26O2. The molecule has 2 heteroatoms. The maximum Gasteiger partial charge on any atom is 0.119 e. The maximum atomic E-state index is 8.76. The summed E-state index contributed by atoms with van der Waals surface area (Å²) in [4.78, 5) is 0. The van der Waals surface area contributed by atoms with Gasteiger partial charge in [-0.1, -0.05) is 73.2 Å². The Labute approximate surface area is 156 Å². The number of aliphatic hydroxyl groups excluding tert-OH is 1. The second-order valence-corrected chi connectivity index (χ2v) is 6.45. The first-order valence-electron chi connectivity index (χ1n) is 9.36. The number of unbranched alkanes of at least 4 members (excludes halogenated alkanes) is 3. The number of hydrogen-bond donors (Lipinski definition) is 1. The molecule has 0 aromatic heterocycles. The fourth-order valence-electron chi connectivity index (χ4n) is 2.99. The first-order chi connectivity index (χ1) is 12.9. The van der Waals surface area contributed by atoms with Crippen molar-refractivity contribution >= 4 is 0 Å². The Morgan fingerprint density at radius 1 is 0.538 bits per heavy atom. The van der Waals surface area contributed by atoms with Crippen molar-refractivity contribution in [3.8, 4) is 28.0 Å². The summed E-state index contributed by atoms with van der Waals surface area (Å²) in [5.41, 5.74) is 4.87. The van der Waals surface area contributed by atoms with E-state index in [-0.39, 0.29) is 6.61 Å². The van der Waals surface area contributed by atoms with E-state index >= 15 is 0 Å². The molecule has 0 aliphatic heterocycles. The van der Waals surface area contributed by atoms with Gasteiger partial charge in [0.15, 0.2) is 0 Å². The molecule has 0 heterocycles. The lowest BCUT2D eigenvalue weighted by Crippen LogP contribution is -1.97. The Morgan fingerprint density at radius 3 is 1.62 bits per heavy atom. The van der Waals surface area contributed by atoms with E-state index in [4.69, 9.17) is 9.84 Å². The zero-order valence-corrected chi connectivity index (χ0v) is 15.1. The molecule has 134 valence electrons. The predicted octanol–water partition coefficient (Wildman–Crippen LogP) is 5.95. The molecule has 0 radical (unpaired) electrons. The van der Waals surface area contributed by atoms with Gasteiger partial charge in [-0.3, -0.25) is 0 Å². The van der Waals surface area contributed by atoms with Crippen LogP contribution in [0.2, 0.25) is 0 Å². The number of benzene rings is 3. The Balaban J connectivity index is 1.55. The zero-order valence-electron chi connectivity index (χ0n) is 15.1. The molecule has 2 nitrogen and oxygen atoms in total. The van der Waals surface area contributed by atoms with Crippen molar-refractivity contribution in [2.75, 3.05) is 13.2 Å². The van der Waals surface area contributed by atoms with Gasteiger partial charge in [-0.25, -0.2) is 0 Å². The maximum absolute atomic E-state index is 8.76. The third kappa shape index (κ3) is 5.21. The summed E-state index contributed by atoms with van der Waals surface area (Å²) in [5, 5.41) is 8.76. The van der Waals surface area contributed by atoms with Crippen LogP contribution >= 0.6 is 0 Å². The van der Waals surface area contributed by atoms with Gasteiger partial charge in [0.2, 0.25) is 0 Å². The Hall–Kier alpha value is -2.58. The fraction of sp³-hybridized carbons (Fsp3) is 0.250. The van der Waals surface area contributed by atoms with E-state index < -0.39 is 0 Å². The van der Waals surface area contributed by atoms with Crippen molar-refractivity contribution in [3.05, 3.63) is 78.9 Å². The Morgan fingerprint density at radius 2 is 1.04 bits per heavy atom. The van der Waals surface area contributed by atoms with Gasteiger partial charge in [-0.05, 0) is 53.6 Å². The lowest BCUT2D eigenvalue weighted by molar-refractivity contribution is 0.273. The summed E-state index contributed by atoms with van der Waals surface area (Å²) in [6.07, 6.45) is 4.09. The highest BCUT2D eigenvalue weighted by Gasteiger charge is 2.01. The SMILES string of the molecule is OCCCCCCOc1ccc(-c2ccc(-c3ccccc3)cc2)cc1. The van der Waals surface area contributed by atoms with Crippen molar-refractivity contribution in [1.29, 1.82) is 0 Å². The molecule has 3 aromatic carbocycles. The third-order valence-electron chi connectivity index (χ3n) is 4.50. The monoisotopic (exact) mass is 346 g/mol. The van der Waals surface area contributed by atoms with Crippen molar-refractivity contribution in [2.24, 2.45) is 0 Å². The van der Waals surface area contributed by atoms with Crippen LogP contribution in [0.4, 0.5) is 0 Å². The van der Waals surface area contributed by atoms with Gasteiger partial charge >= 0.3 is 0 Å². The summed E-state index contributed by atoms with van der Waals surface area (Å²) in [6, 6.07) is 27.4. The number of rotatable bonds is 9. The van der Waals surface area contributed by atoms with Gasteiger partial charge in [-0.15, -0.1) is 0 Å². The van der Waals surface area contributed by atoms with Crippen LogP contribution in [0.5, 0.6) is 5.75 Å². The average Bonchev–Trinajstić information content (AvgIpc) is 2.72. The van der Waals surface area contributed by atoms with E-state index in [9.17, 15) is 0 Å². The van der Waals surface area contributed by atoms with E-state index in [1.807, 2.05) is 18.2 Å². The molecule has 0 bridgehead atoms. The quantitative estimate of drug-likeness (QED) is 0.485. The van der Waals surface area contributed by atoms with Crippen LogP contribution in [0.3, 0.4) is 0 Å². The van der Waals surface area contributed by atoms with Crippen molar-refractivity contribution in [3.63, 3.8) is 0 Å². The summed E-state index contributed by atoms with van der Waals surface area (Å²) in [7, 11) is 0. The third-order valence-corrected chi connectivity index (χ3v) is 4.50. The summed E-state index contributed by atoms with van der Waals surface area (Å²) in [5.74, 6) is 0.914. The first-order valence-corrected chi connectivity index (χ1v) is 9.36. The van der Waals surface area contributed by atoms with E-state index in [1.165, 1.54) is 22.3 Å². The number of hydrogen-bond acceptors (Lipinski definition) is 2. The van der Waals surface area contributed by atoms with Crippen LogP contribution in [0, 0.1) is 0 Å². The molecule has 0 unspecified atom stereocenters. The van der Waals surface area contributed by atoms with Crippen LogP contribution in [0.1, 0.15) is 25.7 Å². The minimum Gasteiger partial charge on any atom is -0.494 e. The molecule has 0 aliphatic rings. The highest BCUT2D eigenvalue weighted by molar-refractivity contribution is 5.70. The molecule has 0 amide bonds. The van der Waals surface area contributed by atoms with Crippen molar-refractivity contribution < 1.29 is 9.84 Å². The van der Waals surface area contributed by atoms with Gasteiger partial charge in [0.25, 0.3) is 0 Å². The molecule has 0 saturated carbocycles. The van der Waals surface area contributed by atoms with Gasteiger partial charge in [0.05, 0.1) is 6.61 Å². The summed E-state index contributed by atoms with van der Waals surface area (Å²) in [6.45, 7) is 1.02.